The van der Waals surface area contributed by atoms with Crippen molar-refractivity contribution in [2.45, 2.75) is 0 Å². The van der Waals surface area contributed by atoms with Gasteiger partial charge in [0.2, 0.25) is 0 Å². The molecule has 0 aromatic carbocycles. The van der Waals surface area contributed by atoms with Crippen LogP contribution < -0.4 is 0 Å². The standard InChI is InChI=1S/C6H10N2S3/c1-9-6(10-2)8-5-7-3-4-11-5/h3-4H2,1-2H3. The summed E-state index contributed by atoms with van der Waals surface area (Å²) in [5.74, 6) is 1.09. The van der Waals surface area contributed by atoms with Gasteiger partial charge in [-0.15, -0.1) is 23.5 Å². The van der Waals surface area contributed by atoms with Crippen LogP contribution in [0.2, 0.25) is 0 Å². The average Bonchev–Trinajstić information content (AvgIpc) is 2.52. The average molecular weight is 206 g/mol. The summed E-state index contributed by atoms with van der Waals surface area (Å²) in [5.41, 5.74) is 0. The smallest absolute Gasteiger partial charge is 0.184 e. The first-order chi connectivity index (χ1) is 5.36. The van der Waals surface area contributed by atoms with Crippen molar-refractivity contribution in [1.82, 2.24) is 0 Å². The van der Waals surface area contributed by atoms with Crippen molar-refractivity contribution in [3.8, 4) is 0 Å². The minimum Gasteiger partial charge on any atom is -0.260 e. The molecule has 0 fully saturated rings. The van der Waals surface area contributed by atoms with Crippen molar-refractivity contribution in [2.24, 2.45) is 9.98 Å². The molecule has 0 aromatic heterocycles. The van der Waals surface area contributed by atoms with E-state index in [1.165, 1.54) is 0 Å². The maximum atomic E-state index is 4.37. The van der Waals surface area contributed by atoms with E-state index in [1.54, 1.807) is 35.3 Å². The SMILES string of the molecule is CSC(=NC1=NCCS1)SC. The van der Waals surface area contributed by atoms with Crippen molar-refractivity contribution in [3.63, 3.8) is 0 Å². The van der Waals surface area contributed by atoms with Crippen LogP contribution >= 0.6 is 35.3 Å². The van der Waals surface area contributed by atoms with Crippen LogP contribution in [-0.4, -0.2) is 34.4 Å². The largest absolute Gasteiger partial charge is 0.260 e. The van der Waals surface area contributed by atoms with E-state index < -0.39 is 0 Å². The zero-order valence-corrected chi connectivity index (χ0v) is 8.98. The summed E-state index contributed by atoms with van der Waals surface area (Å²) >= 11 is 5.09. The molecule has 2 nitrogen and oxygen atoms in total. The minimum atomic E-state index is 0.930. The second kappa shape index (κ2) is 5.11. The summed E-state index contributed by atoms with van der Waals surface area (Å²) in [6.07, 6.45) is 4.07. The van der Waals surface area contributed by atoms with Crippen molar-refractivity contribution in [2.75, 3.05) is 24.8 Å². The van der Waals surface area contributed by atoms with Gasteiger partial charge in [-0.1, -0.05) is 11.8 Å². The second-order valence-corrected chi connectivity index (χ2v) is 4.71. The van der Waals surface area contributed by atoms with Crippen LogP contribution in [-0.2, 0) is 0 Å². The van der Waals surface area contributed by atoms with Gasteiger partial charge in [0.25, 0.3) is 0 Å². The highest BCUT2D eigenvalue weighted by atomic mass is 32.2. The van der Waals surface area contributed by atoms with E-state index in [1.807, 2.05) is 12.5 Å². The summed E-state index contributed by atoms with van der Waals surface area (Å²) in [4.78, 5) is 8.60. The molecular formula is C6H10N2S3. The minimum absolute atomic E-state index is 0.930. The lowest BCUT2D eigenvalue weighted by molar-refractivity contribution is 1.17. The molecule has 0 spiro atoms. The Bertz CT molecular complexity index is 182. The van der Waals surface area contributed by atoms with Crippen molar-refractivity contribution in [1.29, 1.82) is 0 Å². The maximum Gasteiger partial charge on any atom is 0.184 e. The van der Waals surface area contributed by atoms with E-state index in [0.29, 0.717) is 0 Å². The molecule has 1 rings (SSSR count). The third kappa shape index (κ3) is 3.09. The monoisotopic (exact) mass is 206 g/mol. The van der Waals surface area contributed by atoms with Crippen LogP contribution in [0.25, 0.3) is 0 Å². The van der Waals surface area contributed by atoms with Crippen molar-refractivity contribution in [3.05, 3.63) is 0 Å². The quantitative estimate of drug-likeness (QED) is 0.448. The predicted octanol–water partition coefficient (Wildman–Crippen LogP) is 2.17. The fraction of sp³-hybridized carbons (Fsp3) is 0.667. The number of aliphatic imine (C=N–C) groups is 2. The van der Waals surface area contributed by atoms with Gasteiger partial charge < -0.3 is 0 Å². The Labute approximate surface area is 79.7 Å². The summed E-state index contributed by atoms with van der Waals surface area (Å²) < 4.78 is 1.10. The molecule has 1 aliphatic rings. The Morgan fingerprint density at radius 1 is 1.55 bits per heavy atom. The highest BCUT2D eigenvalue weighted by Gasteiger charge is 2.06. The number of thioether (sulfide) groups is 3. The topological polar surface area (TPSA) is 24.7 Å². The number of hydrogen-bond acceptors (Lipinski definition) is 5. The van der Waals surface area contributed by atoms with Gasteiger partial charge in [0.05, 0.1) is 6.54 Å². The first-order valence-electron chi connectivity index (χ1n) is 3.20. The van der Waals surface area contributed by atoms with Crippen LogP contribution in [0.4, 0.5) is 0 Å². The van der Waals surface area contributed by atoms with Gasteiger partial charge in [-0.2, -0.15) is 0 Å². The molecule has 0 saturated heterocycles. The lowest BCUT2D eigenvalue weighted by Gasteiger charge is -1.95. The molecule has 0 atom stereocenters. The molecule has 11 heavy (non-hydrogen) atoms. The third-order valence-corrected chi connectivity index (χ3v) is 3.85. The number of nitrogens with zero attached hydrogens (tertiary/aromatic N) is 2. The molecule has 0 bridgehead atoms. The zero-order valence-electron chi connectivity index (χ0n) is 6.53. The molecule has 0 amide bonds. The van der Waals surface area contributed by atoms with Crippen molar-refractivity contribution < 1.29 is 0 Å². The summed E-state index contributed by atoms with van der Waals surface area (Å²) in [6, 6.07) is 0. The molecule has 62 valence electrons. The van der Waals surface area contributed by atoms with E-state index in [-0.39, 0.29) is 0 Å². The van der Waals surface area contributed by atoms with Gasteiger partial charge in [-0.05, 0) is 12.5 Å². The molecule has 0 unspecified atom stereocenters. The lowest BCUT2D eigenvalue weighted by atomic mass is 10.8. The first-order valence-corrected chi connectivity index (χ1v) is 6.64. The number of rotatable bonds is 0. The zero-order chi connectivity index (χ0) is 8.10. The molecule has 0 aliphatic carbocycles. The Morgan fingerprint density at radius 3 is 2.73 bits per heavy atom. The normalized spacial score (nSPS) is 16.4. The van der Waals surface area contributed by atoms with Gasteiger partial charge in [0.1, 0.15) is 4.38 Å². The molecule has 0 aromatic rings. The van der Waals surface area contributed by atoms with Crippen LogP contribution in [0.1, 0.15) is 0 Å². The van der Waals surface area contributed by atoms with Crippen molar-refractivity contribution >= 4 is 44.8 Å². The van der Waals surface area contributed by atoms with Crippen LogP contribution in [0.3, 0.4) is 0 Å². The molecule has 0 radical (unpaired) electrons. The Morgan fingerprint density at radius 2 is 2.27 bits per heavy atom. The second-order valence-electron chi connectivity index (χ2n) is 1.80. The van der Waals surface area contributed by atoms with Gasteiger partial charge >= 0.3 is 0 Å². The maximum absolute atomic E-state index is 4.37. The van der Waals surface area contributed by atoms with E-state index >= 15 is 0 Å². The van der Waals surface area contributed by atoms with Gasteiger partial charge in [0, 0.05) is 5.75 Å². The Hall–Kier alpha value is 0.390. The van der Waals surface area contributed by atoms with Crippen LogP contribution in [0, 0.1) is 0 Å². The number of amidine groups is 1. The molecule has 5 heteroatoms. The summed E-state index contributed by atoms with van der Waals surface area (Å²) in [6.45, 7) is 0.930. The molecule has 0 saturated carbocycles. The highest BCUT2D eigenvalue weighted by molar-refractivity contribution is 8.38. The van der Waals surface area contributed by atoms with E-state index in [2.05, 4.69) is 9.98 Å². The fourth-order valence-corrected chi connectivity index (χ4v) is 2.49. The summed E-state index contributed by atoms with van der Waals surface area (Å²) in [7, 11) is 0. The third-order valence-electron chi connectivity index (χ3n) is 1.11. The predicted molar refractivity (Wildman–Crippen MR) is 59.2 cm³/mol. The fourth-order valence-electron chi connectivity index (χ4n) is 0.644. The van der Waals surface area contributed by atoms with Gasteiger partial charge in [-0.25, -0.2) is 4.99 Å². The van der Waals surface area contributed by atoms with Gasteiger partial charge in [0.15, 0.2) is 5.17 Å². The summed E-state index contributed by atoms with van der Waals surface area (Å²) in [5, 5.41) is 0.948. The number of hydrogen-bond donors (Lipinski definition) is 0. The molecule has 1 heterocycles. The van der Waals surface area contributed by atoms with Crippen LogP contribution in [0.5, 0.6) is 0 Å². The molecule has 0 N–H and O–H groups in total. The lowest BCUT2D eigenvalue weighted by Crippen LogP contribution is -1.88. The van der Waals surface area contributed by atoms with E-state index in [4.69, 9.17) is 0 Å². The Kier molecular flexibility index (Phi) is 4.40. The highest BCUT2D eigenvalue weighted by Crippen LogP contribution is 2.17. The van der Waals surface area contributed by atoms with E-state index in [0.717, 1.165) is 21.8 Å². The molecule has 1 aliphatic heterocycles. The first kappa shape index (κ1) is 9.48. The molecular weight excluding hydrogens is 196 g/mol. The Balaban J connectivity index is 2.53. The van der Waals surface area contributed by atoms with Crippen LogP contribution in [0.15, 0.2) is 9.98 Å². The van der Waals surface area contributed by atoms with E-state index in [9.17, 15) is 0 Å². The van der Waals surface area contributed by atoms with Gasteiger partial charge in [-0.3, -0.25) is 4.99 Å².